The number of methoxy groups -OCH3 is 1. The molecule has 2 aliphatic heterocycles. The largest absolute Gasteiger partial charge is 0.497 e. The molecular weight excluding hydrogens is 328 g/mol. The average Bonchev–Trinajstić information content (AvgIpc) is 3.29. The molecule has 0 aromatic heterocycles. The quantitative estimate of drug-likeness (QED) is 0.830. The second-order valence-corrected chi connectivity index (χ2v) is 8.06. The minimum Gasteiger partial charge on any atom is -0.497 e. The van der Waals surface area contributed by atoms with Crippen molar-refractivity contribution in [1.82, 2.24) is 9.80 Å². The Morgan fingerprint density at radius 1 is 1.27 bits per heavy atom. The van der Waals surface area contributed by atoms with Crippen LogP contribution in [0.25, 0.3) is 0 Å². The van der Waals surface area contributed by atoms with Gasteiger partial charge in [0.25, 0.3) is 0 Å². The predicted octanol–water partition coefficient (Wildman–Crippen LogP) is 2.55. The molecule has 26 heavy (non-hydrogen) atoms. The van der Waals surface area contributed by atoms with Gasteiger partial charge in [-0.05, 0) is 48.9 Å². The van der Waals surface area contributed by atoms with Gasteiger partial charge in [-0.25, -0.2) is 0 Å². The van der Waals surface area contributed by atoms with E-state index in [-0.39, 0.29) is 11.3 Å². The number of ether oxygens (including phenoxy) is 2. The van der Waals surface area contributed by atoms with Crippen molar-refractivity contribution in [3.63, 3.8) is 0 Å². The summed E-state index contributed by atoms with van der Waals surface area (Å²) in [5.74, 6) is 1.50. The minimum atomic E-state index is 0.189. The second-order valence-electron chi connectivity index (χ2n) is 8.06. The molecule has 5 nitrogen and oxygen atoms in total. The van der Waals surface area contributed by atoms with Crippen molar-refractivity contribution in [2.75, 3.05) is 46.5 Å². The number of amides is 1. The highest BCUT2D eigenvalue weighted by Gasteiger charge is 2.51. The van der Waals surface area contributed by atoms with E-state index < -0.39 is 0 Å². The first-order valence-electron chi connectivity index (χ1n) is 9.92. The lowest BCUT2D eigenvalue weighted by Gasteiger charge is -2.36. The van der Waals surface area contributed by atoms with Gasteiger partial charge in [-0.15, -0.1) is 0 Å². The fourth-order valence-corrected chi connectivity index (χ4v) is 5.16. The van der Waals surface area contributed by atoms with E-state index in [1.54, 1.807) is 7.11 Å². The van der Waals surface area contributed by atoms with Crippen LogP contribution in [-0.4, -0.2) is 62.2 Å². The van der Waals surface area contributed by atoms with Crippen molar-refractivity contribution < 1.29 is 14.3 Å². The number of rotatable bonds is 4. The van der Waals surface area contributed by atoms with Crippen LogP contribution >= 0.6 is 0 Å². The first-order chi connectivity index (χ1) is 12.7. The topological polar surface area (TPSA) is 42.0 Å². The maximum atomic E-state index is 13.1. The zero-order chi connectivity index (χ0) is 18.0. The lowest BCUT2D eigenvalue weighted by atomic mass is 9.76. The molecule has 3 aliphatic rings. The smallest absolute Gasteiger partial charge is 0.226 e. The summed E-state index contributed by atoms with van der Waals surface area (Å²) in [6, 6.07) is 8.33. The summed E-state index contributed by atoms with van der Waals surface area (Å²) in [7, 11) is 1.71. The van der Waals surface area contributed by atoms with Crippen molar-refractivity contribution in [1.29, 1.82) is 0 Å². The highest BCUT2D eigenvalue weighted by Crippen LogP contribution is 2.50. The molecule has 4 rings (SSSR count). The molecule has 1 aromatic rings. The Balaban J connectivity index is 1.42. The number of carbonyl (C=O) groups is 1. The van der Waals surface area contributed by atoms with Gasteiger partial charge in [-0.2, -0.15) is 0 Å². The van der Waals surface area contributed by atoms with Crippen LogP contribution in [-0.2, 0) is 16.1 Å². The molecule has 2 heterocycles. The summed E-state index contributed by atoms with van der Waals surface area (Å²) in [5.41, 5.74) is 1.48. The van der Waals surface area contributed by atoms with Gasteiger partial charge in [0.15, 0.2) is 0 Å². The Labute approximate surface area is 156 Å². The van der Waals surface area contributed by atoms with Crippen LogP contribution in [0, 0.1) is 11.3 Å². The number of hydrogen-bond acceptors (Lipinski definition) is 4. The van der Waals surface area contributed by atoms with E-state index in [0.29, 0.717) is 19.1 Å². The Morgan fingerprint density at radius 3 is 2.92 bits per heavy atom. The second kappa shape index (κ2) is 7.57. The molecule has 0 radical (unpaired) electrons. The number of hydrogen-bond donors (Lipinski definition) is 0. The van der Waals surface area contributed by atoms with E-state index in [2.05, 4.69) is 23.1 Å². The van der Waals surface area contributed by atoms with Gasteiger partial charge in [-0.3, -0.25) is 9.69 Å². The number of carbonyl (C=O) groups excluding carboxylic acids is 1. The predicted molar refractivity (Wildman–Crippen MR) is 100 cm³/mol. The van der Waals surface area contributed by atoms with E-state index in [9.17, 15) is 4.79 Å². The summed E-state index contributed by atoms with van der Waals surface area (Å²) >= 11 is 0. The molecular formula is C21H30N2O3. The van der Waals surface area contributed by atoms with Crippen LogP contribution in [0.4, 0.5) is 0 Å². The van der Waals surface area contributed by atoms with Gasteiger partial charge >= 0.3 is 0 Å². The molecule has 1 saturated carbocycles. The first kappa shape index (κ1) is 17.8. The van der Waals surface area contributed by atoms with Crippen LogP contribution in [0.2, 0.25) is 0 Å². The molecule has 0 unspecified atom stereocenters. The van der Waals surface area contributed by atoms with Crippen molar-refractivity contribution in [2.24, 2.45) is 11.3 Å². The molecule has 142 valence electrons. The third-order valence-corrected chi connectivity index (χ3v) is 6.53. The zero-order valence-electron chi connectivity index (χ0n) is 15.8. The van der Waals surface area contributed by atoms with E-state index >= 15 is 0 Å². The molecule has 2 atom stereocenters. The third-order valence-electron chi connectivity index (χ3n) is 6.53. The van der Waals surface area contributed by atoms with Gasteiger partial charge < -0.3 is 14.4 Å². The lowest BCUT2D eigenvalue weighted by molar-refractivity contribution is -0.143. The molecule has 5 heteroatoms. The number of morpholine rings is 1. The Morgan fingerprint density at radius 2 is 2.12 bits per heavy atom. The maximum absolute atomic E-state index is 13.1. The molecule has 1 amide bonds. The SMILES string of the molecule is COc1cccc(CN2CC[C@]3(CCC[C@@H]3C(=O)N3CCOCC3)C2)c1. The van der Waals surface area contributed by atoms with Crippen LogP contribution < -0.4 is 4.74 Å². The van der Waals surface area contributed by atoms with Gasteiger partial charge in [0.2, 0.25) is 5.91 Å². The number of benzene rings is 1. The summed E-state index contributed by atoms with van der Waals surface area (Å²) in [6.45, 7) is 5.98. The highest BCUT2D eigenvalue weighted by molar-refractivity contribution is 5.80. The summed E-state index contributed by atoms with van der Waals surface area (Å²) < 4.78 is 10.8. The van der Waals surface area contributed by atoms with E-state index in [0.717, 1.165) is 51.3 Å². The number of nitrogens with zero attached hydrogens (tertiary/aromatic N) is 2. The Bertz CT molecular complexity index is 644. The van der Waals surface area contributed by atoms with Gasteiger partial charge in [0.1, 0.15) is 5.75 Å². The lowest BCUT2D eigenvalue weighted by Crippen LogP contribution is -2.47. The number of likely N-dealkylation sites (tertiary alicyclic amines) is 1. The molecule has 3 fully saturated rings. The van der Waals surface area contributed by atoms with E-state index in [1.165, 1.54) is 18.4 Å². The Hall–Kier alpha value is -1.59. The molecule has 2 saturated heterocycles. The van der Waals surface area contributed by atoms with Crippen LogP contribution in [0.15, 0.2) is 24.3 Å². The maximum Gasteiger partial charge on any atom is 0.226 e. The first-order valence-corrected chi connectivity index (χ1v) is 9.92. The minimum absolute atomic E-state index is 0.189. The van der Waals surface area contributed by atoms with Gasteiger partial charge in [-0.1, -0.05) is 18.6 Å². The molecule has 0 N–H and O–H groups in total. The van der Waals surface area contributed by atoms with Crippen molar-refractivity contribution in [2.45, 2.75) is 32.2 Å². The summed E-state index contributed by atoms with van der Waals surface area (Å²) in [6.07, 6.45) is 4.59. The zero-order valence-corrected chi connectivity index (χ0v) is 15.8. The molecule has 1 spiro atoms. The molecule has 1 aliphatic carbocycles. The highest BCUT2D eigenvalue weighted by atomic mass is 16.5. The standard InChI is InChI=1S/C21H30N2O3/c1-25-18-5-2-4-17(14-18)15-22-9-8-21(16-22)7-3-6-19(21)20(24)23-10-12-26-13-11-23/h2,4-5,14,19H,3,6-13,15-16H2,1H3/t19-,21-/m1/s1. The van der Waals surface area contributed by atoms with Gasteiger partial charge in [0, 0.05) is 32.1 Å². The molecule has 0 bridgehead atoms. The summed E-state index contributed by atoms with van der Waals surface area (Å²) in [4.78, 5) is 17.7. The fourth-order valence-electron chi connectivity index (χ4n) is 5.16. The van der Waals surface area contributed by atoms with Crippen molar-refractivity contribution >= 4 is 5.91 Å². The Kier molecular flexibility index (Phi) is 5.18. The average molecular weight is 358 g/mol. The van der Waals surface area contributed by atoms with Gasteiger partial charge in [0.05, 0.1) is 20.3 Å². The molecule has 1 aromatic carbocycles. The fraction of sp³-hybridized carbons (Fsp3) is 0.667. The van der Waals surface area contributed by atoms with Crippen LogP contribution in [0.5, 0.6) is 5.75 Å². The van der Waals surface area contributed by atoms with E-state index in [4.69, 9.17) is 9.47 Å². The van der Waals surface area contributed by atoms with Crippen LogP contribution in [0.3, 0.4) is 0 Å². The van der Waals surface area contributed by atoms with Crippen molar-refractivity contribution in [3.05, 3.63) is 29.8 Å². The third kappa shape index (κ3) is 3.47. The van der Waals surface area contributed by atoms with E-state index in [1.807, 2.05) is 11.0 Å². The summed E-state index contributed by atoms with van der Waals surface area (Å²) in [5, 5.41) is 0. The monoisotopic (exact) mass is 358 g/mol. The van der Waals surface area contributed by atoms with Crippen LogP contribution in [0.1, 0.15) is 31.2 Å². The normalized spacial score (nSPS) is 29.4. The van der Waals surface area contributed by atoms with Crippen molar-refractivity contribution in [3.8, 4) is 5.75 Å².